The first-order valence-electron chi connectivity index (χ1n) is 4.08. The van der Waals surface area contributed by atoms with Crippen LogP contribution in [0, 0.1) is 0 Å². The first-order valence-corrected chi connectivity index (χ1v) is 4.08. The molecule has 0 aromatic heterocycles. The van der Waals surface area contributed by atoms with Crippen molar-refractivity contribution in [2.24, 2.45) is 11.5 Å². The summed E-state index contributed by atoms with van der Waals surface area (Å²) in [5.41, 5.74) is 10.6. The van der Waals surface area contributed by atoms with Gasteiger partial charge in [-0.2, -0.15) is 0 Å². The van der Waals surface area contributed by atoms with Gasteiger partial charge in [0, 0.05) is 11.1 Å². The smallest absolute Gasteiger partial charge is 0.245 e. The molecule has 0 aromatic carbocycles. The molecular weight excluding hydrogens is 180 g/mol. The van der Waals surface area contributed by atoms with Crippen LogP contribution in [-0.2, 0) is 9.59 Å². The highest BCUT2D eigenvalue weighted by Gasteiger charge is 2.14. The Morgan fingerprint density at radius 2 is 1.21 bits per heavy atom. The molecule has 14 heavy (non-hydrogen) atoms. The number of carbonyl (C=O) groups is 2. The molecule has 4 nitrogen and oxygen atoms in total. The minimum absolute atomic E-state index is 0.201. The van der Waals surface area contributed by atoms with Gasteiger partial charge in [0.2, 0.25) is 11.8 Å². The van der Waals surface area contributed by atoms with Crippen LogP contribution in [0.25, 0.3) is 0 Å². The lowest BCUT2D eigenvalue weighted by Gasteiger charge is -2.06. The molecular formula is C10H14N2O2. The monoisotopic (exact) mass is 194 g/mol. The predicted octanol–water partition coefficient (Wildman–Crippen LogP) is 0.406. The Morgan fingerprint density at radius 3 is 1.36 bits per heavy atom. The van der Waals surface area contributed by atoms with Crippen LogP contribution in [0.3, 0.4) is 0 Å². The lowest BCUT2D eigenvalue weighted by atomic mass is 10.0. The Bertz CT molecular complexity index is 273. The lowest BCUT2D eigenvalue weighted by molar-refractivity contribution is -0.117. The summed E-state index contributed by atoms with van der Waals surface area (Å²) in [7, 11) is 0. The maximum Gasteiger partial charge on any atom is 0.245 e. The summed E-state index contributed by atoms with van der Waals surface area (Å²) in [4.78, 5) is 22.0. The van der Waals surface area contributed by atoms with Crippen molar-refractivity contribution in [3.05, 3.63) is 36.5 Å². The van der Waals surface area contributed by atoms with Crippen molar-refractivity contribution in [2.45, 2.75) is 12.8 Å². The van der Waals surface area contributed by atoms with Crippen LogP contribution in [0.1, 0.15) is 12.8 Å². The number of allylic oxidation sites excluding steroid dienone is 2. The van der Waals surface area contributed by atoms with Crippen molar-refractivity contribution in [2.75, 3.05) is 0 Å². The van der Waals surface area contributed by atoms with Gasteiger partial charge in [0.15, 0.2) is 0 Å². The van der Waals surface area contributed by atoms with Crippen LogP contribution in [0.15, 0.2) is 36.5 Å². The lowest BCUT2D eigenvalue weighted by Crippen LogP contribution is -2.22. The van der Waals surface area contributed by atoms with Gasteiger partial charge >= 0.3 is 0 Å². The zero-order chi connectivity index (χ0) is 11.1. The Balaban J connectivity index is 5.23. The average Bonchev–Trinajstić information content (AvgIpc) is 2.10. The van der Waals surface area contributed by atoms with Crippen molar-refractivity contribution >= 4 is 11.8 Å². The van der Waals surface area contributed by atoms with Gasteiger partial charge in [-0.3, -0.25) is 9.59 Å². The maximum absolute atomic E-state index is 11.0. The van der Waals surface area contributed by atoms with Crippen molar-refractivity contribution in [3.63, 3.8) is 0 Å². The molecule has 0 radical (unpaired) electrons. The molecule has 0 aromatic rings. The zero-order valence-electron chi connectivity index (χ0n) is 7.95. The fourth-order valence-corrected chi connectivity index (χ4v) is 1.03. The summed E-state index contributed by atoms with van der Waals surface area (Å²) in [6.45, 7) is 6.93. The summed E-state index contributed by atoms with van der Waals surface area (Å²) in [5.74, 6) is -1.30. The van der Waals surface area contributed by atoms with Crippen molar-refractivity contribution in [3.8, 4) is 0 Å². The molecule has 4 heteroatoms. The Labute approximate surface area is 83.0 Å². The molecule has 0 saturated heterocycles. The fraction of sp³-hybridized carbons (Fsp3) is 0.200. The van der Waals surface area contributed by atoms with Gasteiger partial charge in [-0.15, -0.1) is 13.2 Å². The van der Waals surface area contributed by atoms with Crippen molar-refractivity contribution in [1.82, 2.24) is 0 Å². The molecule has 0 aliphatic heterocycles. The van der Waals surface area contributed by atoms with Crippen molar-refractivity contribution in [1.29, 1.82) is 0 Å². The van der Waals surface area contributed by atoms with Gasteiger partial charge in [-0.05, 0) is 12.8 Å². The van der Waals surface area contributed by atoms with Gasteiger partial charge < -0.3 is 11.5 Å². The topological polar surface area (TPSA) is 86.2 Å². The molecule has 2 amide bonds. The highest BCUT2D eigenvalue weighted by molar-refractivity contribution is 6.03. The highest BCUT2D eigenvalue weighted by Crippen LogP contribution is 2.13. The molecule has 0 aliphatic rings. The van der Waals surface area contributed by atoms with Crippen LogP contribution >= 0.6 is 0 Å². The normalized spacial score (nSPS) is 11.4. The summed E-state index contributed by atoms with van der Waals surface area (Å²) in [6, 6.07) is 0. The summed E-state index contributed by atoms with van der Waals surface area (Å²) < 4.78 is 0. The minimum Gasteiger partial charge on any atom is -0.366 e. The molecule has 4 N–H and O–H groups in total. The Morgan fingerprint density at radius 1 is 0.929 bits per heavy atom. The SMILES string of the molecule is C=CCC(C(N)=O)=C(CC=C)C(N)=O. The summed E-state index contributed by atoms with van der Waals surface area (Å²) in [5, 5.41) is 0. The number of hydrogen-bond donors (Lipinski definition) is 2. The number of nitrogens with two attached hydrogens (primary N) is 2. The Hall–Kier alpha value is -1.84. The number of hydrogen-bond acceptors (Lipinski definition) is 2. The van der Waals surface area contributed by atoms with E-state index in [9.17, 15) is 9.59 Å². The van der Waals surface area contributed by atoms with Crippen LogP contribution in [0.5, 0.6) is 0 Å². The highest BCUT2D eigenvalue weighted by atomic mass is 16.2. The van der Waals surface area contributed by atoms with E-state index in [1.807, 2.05) is 0 Å². The van der Waals surface area contributed by atoms with Crippen molar-refractivity contribution < 1.29 is 9.59 Å². The first kappa shape index (κ1) is 12.2. The van der Waals surface area contributed by atoms with Crippen LogP contribution in [0.4, 0.5) is 0 Å². The maximum atomic E-state index is 11.0. The Kier molecular flexibility index (Phi) is 4.99. The van der Waals surface area contributed by atoms with E-state index in [1.54, 1.807) is 0 Å². The quantitative estimate of drug-likeness (QED) is 0.474. The molecule has 0 saturated carbocycles. The predicted molar refractivity (Wildman–Crippen MR) is 55.0 cm³/mol. The van der Waals surface area contributed by atoms with Gasteiger partial charge in [0.25, 0.3) is 0 Å². The van der Waals surface area contributed by atoms with E-state index in [2.05, 4.69) is 13.2 Å². The third-order valence-electron chi connectivity index (χ3n) is 1.66. The van der Waals surface area contributed by atoms with Crippen LogP contribution in [-0.4, -0.2) is 11.8 Å². The summed E-state index contributed by atoms with van der Waals surface area (Å²) in [6.07, 6.45) is 3.46. The molecule has 0 atom stereocenters. The van der Waals surface area contributed by atoms with Crippen LogP contribution in [0.2, 0.25) is 0 Å². The third kappa shape index (κ3) is 3.26. The van der Waals surface area contributed by atoms with Gasteiger partial charge in [-0.25, -0.2) is 0 Å². The molecule has 0 bridgehead atoms. The number of amides is 2. The zero-order valence-corrected chi connectivity index (χ0v) is 7.95. The fourth-order valence-electron chi connectivity index (χ4n) is 1.03. The minimum atomic E-state index is -0.652. The molecule has 0 spiro atoms. The molecule has 0 aliphatic carbocycles. The second-order valence-corrected chi connectivity index (χ2v) is 2.67. The van der Waals surface area contributed by atoms with Gasteiger partial charge in [-0.1, -0.05) is 12.2 Å². The third-order valence-corrected chi connectivity index (χ3v) is 1.66. The van der Waals surface area contributed by atoms with E-state index in [0.717, 1.165) is 0 Å². The number of carbonyl (C=O) groups excluding carboxylic acids is 2. The van der Waals surface area contributed by atoms with E-state index in [0.29, 0.717) is 0 Å². The second kappa shape index (κ2) is 5.75. The molecule has 0 fully saturated rings. The van der Waals surface area contributed by atoms with Crippen LogP contribution < -0.4 is 11.5 Å². The van der Waals surface area contributed by atoms with Gasteiger partial charge in [0.1, 0.15) is 0 Å². The van der Waals surface area contributed by atoms with Gasteiger partial charge in [0.05, 0.1) is 0 Å². The van der Waals surface area contributed by atoms with E-state index in [4.69, 9.17) is 11.5 Å². The molecule has 0 unspecified atom stereocenters. The van der Waals surface area contributed by atoms with E-state index in [-0.39, 0.29) is 24.0 Å². The number of rotatable bonds is 6. The standard InChI is InChI=1S/C10H14N2O2/c1-3-5-7(9(11)13)8(6-4-2)10(12)14/h3-4H,1-2,5-6H2,(H2,11,13)(H2,12,14). The molecule has 0 heterocycles. The molecule has 76 valence electrons. The molecule has 0 rings (SSSR count). The van der Waals surface area contributed by atoms with E-state index >= 15 is 0 Å². The second-order valence-electron chi connectivity index (χ2n) is 2.67. The van der Waals surface area contributed by atoms with E-state index < -0.39 is 11.8 Å². The summed E-state index contributed by atoms with van der Waals surface area (Å²) >= 11 is 0. The largest absolute Gasteiger partial charge is 0.366 e. The average molecular weight is 194 g/mol. The number of primary amides is 2. The first-order chi connectivity index (χ1) is 6.54. The van der Waals surface area contributed by atoms with E-state index in [1.165, 1.54) is 12.2 Å².